The monoisotopic (exact) mass is 333 g/mol. The van der Waals surface area contributed by atoms with Crippen molar-refractivity contribution in [2.45, 2.75) is 45.2 Å². The molecule has 134 valence electrons. The molecule has 0 saturated carbocycles. The first-order chi connectivity index (χ1) is 11.5. The van der Waals surface area contributed by atoms with Crippen LogP contribution >= 0.6 is 0 Å². The van der Waals surface area contributed by atoms with E-state index in [0.717, 1.165) is 57.0 Å². The van der Waals surface area contributed by atoms with E-state index in [1.165, 1.54) is 6.42 Å². The number of hydrogen-bond acceptors (Lipinski definition) is 4. The van der Waals surface area contributed by atoms with Gasteiger partial charge in [-0.3, -0.25) is 9.69 Å². The third-order valence-corrected chi connectivity index (χ3v) is 5.41. The number of rotatable bonds is 6. The Hall–Kier alpha value is -1.40. The van der Waals surface area contributed by atoms with Crippen molar-refractivity contribution in [3.63, 3.8) is 0 Å². The molecule has 1 N–H and O–H groups in total. The fourth-order valence-corrected chi connectivity index (χ4v) is 4.06. The van der Waals surface area contributed by atoms with E-state index in [0.29, 0.717) is 24.3 Å². The summed E-state index contributed by atoms with van der Waals surface area (Å²) >= 11 is 0. The number of amides is 1. The number of fused-ring (bicyclic) bond motifs is 4. The number of aromatic amines is 1. The Morgan fingerprint density at radius 2 is 2.17 bits per heavy atom. The van der Waals surface area contributed by atoms with E-state index in [9.17, 15) is 4.79 Å². The van der Waals surface area contributed by atoms with E-state index >= 15 is 0 Å². The van der Waals surface area contributed by atoms with Crippen LogP contribution in [-0.4, -0.2) is 76.9 Å². The summed E-state index contributed by atoms with van der Waals surface area (Å²) in [5.41, 5.74) is 2.29. The largest absolute Gasteiger partial charge is 0.348 e. The quantitative estimate of drug-likeness (QED) is 0.857. The van der Waals surface area contributed by atoms with E-state index in [-0.39, 0.29) is 0 Å². The molecule has 0 unspecified atom stereocenters. The molecule has 6 heteroatoms. The number of aryl methyl sites for hydroxylation is 1. The number of hydrogen-bond donors (Lipinski definition) is 1. The Bertz CT molecular complexity index is 555. The Morgan fingerprint density at radius 1 is 1.33 bits per heavy atom. The summed E-state index contributed by atoms with van der Waals surface area (Å²) < 4.78 is 0. The molecule has 3 fully saturated rings. The van der Waals surface area contributed by atoms with Gasteiger partial charge in [-0.05, 0) is 52.7 Å². The van der Waals surface area contributed by atoms with Gasteiger partial charge in [0.2, 0.25) is 5.91 Å². The number of nitrogens with zero attached hydrogens (tertiary/aromatic N) is 4. The highest BCUT2D eigenvalue weighted by Crippen LogP contribution is 2.29. The molecule has 2 atom stereocenters. The maximum atomic E-state index is 12.7. The van der Waals surface area contributed by atoms with Crippen molar-refractivity contribution in [3.8, 4) is 0 Å². The minimum atomic E-state index is 0.351. The predicted molar refractivity (Wildman–Crippen MR) is 94.6 cm³/mol. The normalized spacial score (nSPS) is 24.6. The molecule has 1 aromatic heterocycles. The highest BCUT2D eigenvalue weighted by atomic mass is 16.2. The summed E-state index contributed by atoms with van der Waals surface area (Å²) in [5, 5.41) is 0. The highest BCUT2D eigenvalue weighted by molar-refractivity contribution is 5.76. The average molecular weight is 333 g/mol. The predicted octanol–water partition coefficient (Wildman–Crippen LogP) is 1.48. The first-order valence-corrected chi connectivity index (χ1v) is 9.18. The lowest BCUT2D eigenvalue weighted by Gasteiger charge is -2.36. The number of carbonyl (C=O) groups is 1. The highest BCUT2D eigenvalue weighted by Gasteiger charge is 2.36. The molecule has 3 aliphatic heterocycles. The lowest BCUT2D eigenvalue weighted by atomic mass is 9.94. The Morgan fingerprint density at radius 3 is 2.88 bits per heavy atom. The van der Waals surface area contributed by atoms with Gasteiger partial charge in [-0.1, -0.05) is 0 Å². The van der Waals surface area contributed by atoms with Gasteiger partial charge in [-0.25, -0.2) is 4.98 Å². The number of aromatic nitrogens is 2. The summed E-state index contributed by atoms with van der Waals surface area (Å²) in [6.07, 6.45) is 5.82. The number of H-pyrrole nitrogens is 1. The van der Waals surface area contributed by atoms with E-state index < -0.39 is 0 Å². The maximum absolute atomic E-state index is 12.7. The van der Waals surface area contributed by atoms with E-state index in [1.54, 1.807) is 6.33 Å². The van der Waals surface area contributed by atoms with Crippen LogP contribution in [0.25, 0.3) is 0 Å². The van der Waals surface area contributed by atoms with Crippen LogP contribution in [-0.2, 0) is 11.3 Å². The Kier molecular flexibility index (Phi) is 5.56. The van der Waals surface area contributed by atoms with Crippen molar-refractivity contribution in [3.05, 3.63) is 17.7 Å². The van der Waals surface area contributed by atoms with Crippen LogP contribution in [0.5, 0.6) is 0 Å². The molecule has 4 heterocycles. The molecule has 1 amide bonds. The first kappa shape index (κ1) is 17.4. The van der Waals surface area contributed by atoms with Crippen LogP contribution in [0.2, 0.25) is 0 Å². The van der Waals surface area contributed by atoms with Gasteiger partial charge in [0.05, 0.1) is 12.0 Å². The SMILES string of the molecule is Cc1[nH]cnc1CN1C[C@@H]2CC[C@H](C1)N(C(=O)CCCN(C)C)C2. The van der Waals surface area contributed by atoms with Crippen LogP contribution < -0.4 is 0 Å². The number of nitrogens with one attached hydrogen (secondary N) is 1. The van der Waals surface area contributed by atoms with Gasteiger partial charge in [0.1, 0.15) is 0 Å². The first-order valence-electron chi connectivity index (χ1n) is 9.18. The zero-order chi connectivity index (χ0) is 17.1. The van der Waals surface area contributed by atoms with Crippen molar-refractivity contribution in [2.24, 2.45) is 5.92 Å². The zero-order valence-electron chi connectivity index (χ0n) is 15.3. The molecule has 0 aliphatic carbocycles. The Balaban J connectivity index is 1.58. The minimum Gasteiger partial charge on any atom is -0.348 e. The molecule has 6 nitrogen and oxygen atoms in total. The van der Waals surface area contributed by atoms with Crippen LogP contribution in [0.4, 0.5) is 0 Å². The molecule has 2 bridgehead atoms. The molecule has 24 heavy (non-hydrogen) atoms. The molecule has 4 rings (SSSR count). The van der Waals surface area contributed by atoms with Gasteiger partial charge in [0.15, 0.2) is 0 Å². The third kappa shape index (κ3) is 4.16. The van der Waals surface area contributed by atoms with E-state index in [2.05, 4.69) is 45.7 Å². The number of carbonyl (C=O) groups excluding carboxylic acids is 1. The van der Waals surface area contributed by atoms with Gasteiger partial charge >= 0.3 is 0 Å². The fourth-order valence-electron chi connectivity index (χ4n) is 4.06. The van der Waals surface area contributed by atoms with Crippen LogP contribution in [0.3, 0.4) is 0 Å². The zero-order valence-corrected chi connectivity index (χ0v) is 15.3. The molecule has 0 aromatic carbocycles. The average Bonchev–Trinajstić information content (AvgIpc) is 2.75. The van der Waals surface area contributed by atoms with Crippen LogP contribution in [0.15, 0.2) is 6.33 Å². The van der Waals surface area contributed by atoms with Gasteiger partial charge in [-0.2, -0.15) is 0 Å². The standard InChI is InChI=1S/C18H31N5O/c1-14-17(20-13-19-14)12-22-9-15-6-7-16(11-22)23(10-15)18(24)5-4-8-21(2)3/h13,15-16H,4-12H2,1-3H3,(H,19,20)/t15-,16+/m0/s1. The topological polar surface area (TPSA) is 55.5 Å². The van der Waals surface area contributed by atoms with Gasteiger partial charge in [0, 0.05) is 44.3 Å². The summed E-state index contributed by atoms with van der Waals surface area (Å²) in [6, 6.07) is 0.384. The summed E-state index contributed by atoms with van der Waals surface area (Å²) in [7, 11) is 4.13. The summed E-state index contributed by atoms with van der Waals surface area (Å²) in [5.74, 6) is 0.963. The molecule has 3 saturated heterocycles. The van der Waals surface area contributed by atoms with E-state index in [4.69, 9.17) is 0 Å². The minimum absolute atomic E-state index is 0.351. The van der Waals surface area contributed by atoms with Crippen molar-refractivity contribution in [1.29, 1.82) is 0 Å². The number of piperidine rings is 1. The molecular formula is C18H31N5O. The maximum Gasteiger partial charge on any atom is 0.222 e. The summed E-state index contributed by atoms with van der Waals surface area (Å²) in [6.45, 7) is 6.98. The third-order valence-electron chi connectivity index (χ3n) is 5.41. The second-order valence-electron chi connectivity index (χ2n) is 7.72. The fraction of sp³-hybridized carbons (Fsp3) is 0.778. The Labute approximate surface area is 145 Å². The second kappa shape index (κ2) is 7.66. The summed E-state index contributed by atoms with van der Waals surface area (Å²) in [4.78, 5) is 27.1. The smallest absolute Gasteiger partial charge is 0.222 e. The lowest BCUT2D eigenvalue weighted by molar-refractivity contribution is -0.135. The van der Waals surface area contributed by atoms with E-state index in [1.807, 2.05) is 0 Å². The molecule has 1 aromatic rings. The molecular weight excluding hydrogens is 302 g/mol. The van der Waals surface area contributed by atoms with Gasteiger partial charge < -0.3 is 14.8 Å². The van der Waals surface area contributed by atoms with Crippen LogP contribution in [0, 0.1) is 12.8 Å². The van der Waals surface area contributed by atoms with Gasteiger partial charge in [0.25, 0.3) is 0 Å². The van der Waals surface area contributed by atoms with Crippen molar-refractivity contribution < 1.29 is 4.79 Å². The van der Waals surface area contributed by atoms with Gasteiger partial charge in [-0.15, -0.1) is 0 Å². The molecule has 0 radical (unpaired) electrons. The van der Waals surface area contributed by atoms with Crippen molar-refractivity contribution in [1.82, 2.24) is 24.7 Å². The number of imidazole rings is 1. The van der Waals surface area contributed by atoms with Crippen molar-refractivity contribution in [2.75, 3.05) is 40.3 Å². The van der Waals surface area contributed by atoms with Crippen molar-refractivity contribution >= 4 is 5.91 Å². The second-order valence-corrected chi connectivity index (χ2v) is 7.72. The lowest BCUT2D eigenvalue weighted by Crippen LogP contribution is -2.47. The molecule has 3 aliphatic rings. The van der Waals surface area contributed by atoms with Crippen LogP contribution in [0.1, 0.15) is 37.1 Å². The molecule has 0 spiro atoms.